The molecule has 0 aromatic rings. The first-order valence-corrected chi connectivity index (χ1v) is 9.34. The van der Waals surface area contributed by atoms with Crippen molar-refractivity contribution in [2.75, 3.05) is 13.1 Å². The van der Waals surface area contributed by atoms with Gasteiger partial charge in [0.25, 0.3) is 0 Å². The highest BCUT2D eigenvalue weighted by molar-refractivity contribution is 5.01. The van der Waals surface area contributed by atoms with Gasteiger partial charge >= 0.3 is 0 Å². The summed E-state index contributed by atoms with van der Waals surface area (Å²) in [5.41, 5.74) is 0. The largest absolute Gasteiger partial charge is 0.314 e. The third-order valence-corrected chi connectivity index (χ3v) is 6.44. The van der Waals surface area contributed by atoms with Crippen molar-refractivity contribution in [3.05, 3.63) is 0 Å². The SMILES string of the molecule is CCCNC1CC2CCC(C1)N2CC(C1CC1)C1CC1. The van der Waals surface area contributed by atoms with Crippen LogP contribution in [-0.2, 0) is 0 Å². The minimum atomic E-state index is 0.823. The van der Waals surface area contributed by atoms with E-state index in [0.29, 0.717) is 0 Å². The molecular formula is C18H32N2. The minimum Gasteiger partial charge on any atom is -0.314 e. The van der Waals surface area contributed by atoms with Gasteiger partial charge in [0.2, 0.25) is 0 Å². The van der Waals surface area contributed by atoms with Gasteiger partial charge in [-0.25, -0.2) is 0 Å². The molecule has 0 aromatic heterocycles. The van der Waals surface area contributed by atoms with Crippen molar-refractivity contribution in [2.24, 2.45) is 17.8 Å². The highest BCUT2D eigenvalue weighted by Crippen LogP contribution is 2.50. The zero-order chi connectivity index (χ0) is 13.5. The molecule has 4 rings (SSSR count). The number of fused-ring (bicyclic) bond motifs is 2. The van der Waals surface area contributed by atoms with Crippen LogP contribution >= 0.6 is 0 Å². The molecule has 4 aliphatic rings. The zero-order valence-electron chi connectivity index (χ0n) is 13.2. The van der Waals surface area contributed by atoms with E-state index in [9.17, 15) is 0 Å². The number of nitrogens with one attached hydrogen (secondary N) is 1. The molecule has 2 aliphatic heterocycles. The van der Waals surface area contributed by atoms with Crippen molar-refractivity contribution in [3.8, 4) is 0 Å². The lowest BCUT2D eigenvalue weighted by molar-refractivity contribution is 0.0876. The zero-order valence-corrected chi connectivity index (χ0v) is 13.2. The van der Waals surface area contributed by atoms with Gasteiger partial charge in [-0.05, 0) is 82.1 Å². The molecule has 114 valence electrons. The summed E-state index contributed by atoms with van der Waals surface area (Å²) in [6, 6.07) is 2.66. The van der Waals surface area contributed by atoms with Crippen LogP contribution in [-0.4, -0.2) is 36.1 Å². The molecule has 1 N–H and O–H groups in total. The van der Waals surface area contributed by atoms with Crippen molar-refractivity contribution < 1.29 is 0 Å². The van der Waals surface area contributed by atoms with Crippen LogP contribution in [0.2, 0.25) is 0 Å². The first-order chi connectivity index (χ1) is 9.85. The van der Waals surface area contributed by atoms with Crippen LogP contribution in [0, 0.1) is 17.8 Å². The summed E-state index contributed by atoms with van der Waals surface area (Å²) in [6.07, 6.45) is 13.3. The maximum atomic E-state index is 3.79. The molecule has 2 atom stereocenters. The molecule has 0 aromatic carbocycles. The monoisotopic (exact) mass is 276 g/mol. The van der Waals surface area contributed by atoms with Gasteiger partial charge in [-0.1, -0.05) is 6.92 Å². The molecule has 20 heavy (non-hydrogen) atoms. The van der Waals surface area contributed by atoms with Crippen molar-refractivity contribution in [1.82, 2.24) is 10.2 Å². The average Bonchev–Trinajstić information content (AvgIpc) is 3.35. The smallest absolute Gasteiger partial charge is 0.0114 e. The second-order valence-electron chi connectivity index (χ2n) is 8.04. The molecule has 4 fully saturated rings. The molecule has 2 saturated heterocycles. The third-order valence-electron chi connectivity index (χ3n) is 6.44. The van der Waals surface area contributed by atoms with E-state index in [1.54, 1.807) is 25.7 Å². The van der Waals surface area contributed by atoms with Crippen molar-refractivity contribution >= 4 is 0 Å². The van der Waals surface area contributed by atoms with Crippen molar-refractivity contribution in [2.45, 2.75) is 82.8 Å². The molecule has 0 amide bonds. The van der Waals surface area contributed by atoms with Crippen LogP contribution in [0.5, 0.6) is 0 Å². The van der Waals surface area contributed by atoms with E-state index in [2.05, 4.69) is 17.1 Å². The first-order valence-electron chi connectivity index (χ1n) is 9.34. The molecular weight excluding hydrogens is 244 g/mol. The lowest BCUT2D eigenvalue weighted by atomic mass is 9.92. The van der Waals surface area contributed by atoms with Gasteiger partial charge in [0.05, 0.1) is 0 Å². The van der Waals surface area contributed by atoms with E-state index in [0.717, 1.165) is 35.9 Å². The second-order valence-corrected chi connectivity index (χ2v) is 8.04. The van der Waals surface area contributed by atoms with Crippen LogP contribution in [0.1, 0.15) is 64.7 Å². The quantitative estimate of drug-likeness (QED) is 0.766. The van der Waals surface area contributed by atoms with E-state index in [4.69, 9.17) is 0 Å². The Labute approximate surface area is 124 Å². The summed E-state index contributed by atoms with van der Waals surface area (Å²) < 4.78 is 0. The van der Waals surface area contributed by atoms with Gasteiger partial charge in [-0.2, -0.15) is 0 Å². The molecule has 2 unspecified atom stereocenters. The van der Waals surface area contributed by atoms with Crippen LogP contribution in [0.25, 0.3) is 0 Å². The maximum Gasteiger partial charge on any atom is 0.0114 e. The van der Waals surface area contributed by atoms with Crippen molar-refractivity contribution in [1.29, 1.82) is 0 Å². The van der Waals surface area contributed by atoms with Crippen LogP contribution < -0.4 is 5.32 Å². The standard InChI is InChI=1S/C18H32N2/c1-2-9-19-15-10-16-7-8-17(11-15)20(16)12-18(13-3-4-13)14-5-6-14/h13-19H,2-12H2,1H3. The number of rotatable bonds is 7. The van der Waals surface area contributed by atoms with Crippen LogP contribution in [0.4, 0.5) is 0 Å². The summed E-state index contributed by atoms with van der Waals surface area (Å²) in [7, 11) is 0. The van der Waals surface area contributed by atoms with Gasteiger partial charge in [0.15, 0.2) is 0 Å². The summed E-state index contributed by atoms with van der Waals surface area (Å²) in [6.45, 7) is 4.97. The van der Waals surface area contributed by atoms with Gasteiger partial charge in [-0.3, -0.25) is 4.90 Å². The van der Waals surface area contributed by atoms with Gasteiger partial charge < -0.3 is 5.32 Å². The molecule has 2 saturated carbocycles. The maximum absolute atomic E-state index is 3.79. The number of hydrogen-bond acceptors (Lipinski definition) is 2. The lowest BCUT2D eigenvalue weighted by Gasteiger charge is -2.41. The van der Waals surface area contributed by atoms with E-state index >= 15 is 0 Å². The lowest BCUT2D eigenvalue weighted by Crippen LogP contribution is -2.50. The Morgan fingerprint density at radius 1 is 0.950 bits per heavy atom. The summed E-state index contributed by atoms with van der Waals surface area (Å²) in [5, 5.41) is 3.79. The Bertz CT molecular complexity index is 308. The van der Waals surface area contributed by atoms with E-state index in [1.165, 1.54) is 45.2 Å². The summed E-state index contributed by atoms with van der Waals surface area (Å²) in [4.78, 5) is 2.96. The van der Waals surface area contributed by atoms with Gasteiger partial charge in [0, 0.05) is 24.7 Å². The minimum absolute atomic E-state index is 0.823. The van der Waals surface area contributed by atoms with Gasteiger partial charge in [0.1, 0.15) is 0 Å². The molecule has 2 nitrogen and oxygen atoms in total. The number of hydrogen-bond donors (Lipinski definition) is 1. The van der Waals surface area contributed by atoms with Crippen LogP contribution in [0.15, 0.2) is 0 Å². The molecule has 2 bridgehead atoms. The van der Waals surface area contributed by atoms with E-state index in [1.807, 2.05) is 0 Å². The molecule has 2 heteroatoms. The Morgan fingerprint density at radius 3 is 2.05 bits per heavy atom. The molecule has 2 aliphatic carbocycles. The molecule has 2 heterocycles. The fraction of sp³-hybridized carbons (Fsp3) is 1.00. The number of nitrogens with zero attached hydrogens (tertiary/aromatic N) is 1. The Balaban J connectivity index is 1.35. The number of piperidine rings is 1. The Hall–Kier alpha value is -0.0800. The molecule has 0 spiro atoms. The highest BCUT2D eigenvalue weighted by Gasteiger charge is 2.46. The van der Waals surface area contributed by atoms with Crippen LogP contribution in [0.3, 0.4) is 0 Å². The Kier molecular flexibility index (Phi) is 3.80. The van der Waals surface area contributed by atoms with Crippen molar-refractivity contribution in [3.63, 3.8) is 0 Å². The Morgan fingerprint density at radius 2 is 1.55 bits per heavy atom. The molecule has 0 radical (unpaired) electrons. The predicted molar refractivity (Wildman–Crippen MR) is 83.8 cm³/mol. The normalized spacial score (nSPS) is 37.8. The highest BCUT2D eigenvalue weighted by atomic mass is 15.2. The average molecular weight is 276 g/mol. The fourth-order valence-corrected chi connectivity index (χ4v) is 5.06. The first kappa shape index (κ1) is 13.6. The summed E-state index contributed by atoms with van der Waals surface area (Å²) in [5.74, 6) is 3.33. The van der Waals surface area contributed by atoms with Gasteiger partial charge in [-0.15, -0.1) is 0 Å². The fourth-order valence-electron chi connectivity index (χ4n) is 5.06. The third kappa shape index (κ3) is 2.78. The topological polar surface area (TPSA) is 15.3 Å². The second kappa shape index (κ2) is 5.61. The van der Waals surface area contributed by atoms with E-state index in [-0.39, 0.29) is 0 Å². The van der Waals surface area contributed by atoms with E-state index < -0.39 is 0 Å². The predicted octanol–water partition coefficient (Wildman–Crippen LogP) is 3.42. The summed E-state index contributed by atoms with van der Waals surface area (Å²) >= 11 is 0.